The first-order valence-corrected chi connectivity index (χ1v) is 5.35. The van der Waals surface area contributed by atoms with Crippen molar-refractivity contribution in [2.75, 3.05) is 0 Å². The van der Waals surface area contributed by atoms with E-state index < -0.39 is 23.2 Å². The van der Waals surface area contributed by atoms with E-state index >= 15 is 0 Å². The van der Waals surface area contributed by atoms with E-state index in [2.05, 4.69) is 0 Å². The fourth-order valence-electron chi connectivity index (χ4n) is 1.60. The van der Waals surface area contributed by atoms with Gasteiger partial charge in [0.15, 0.2) is 0 Å². The van der Waals surface area contributed by atoms with Crippen molar-refractivity contribution >= 4 is 17.6 Å². The lowest BCUT2D eigenvalue weighted by Crippen LogP contribution is -2.02. The van der Waals surface area contributed by atoms with E-state index in [4.69, 9.17) is 16.7 Å². The molecule has 18 heavy (non-hydrogen) atoms. The number of hydrogen-bond donors (Lipinski definition) is 1. The average molecular weight is 269 g/mol. The maximum absolute atomic E-state index is 13.8. The Morgan fingerprint density at radius 3 is 2.33 bits per heavy atom. The standard InChI is InChI=1S/C13H7ClF2O2/c14-10-4-2-1-3-7(10)8-5-12(16)9(13(17)18)6-11(8)15/h1-6H,(H,17,18). The summed E-state index contributed by atoms with van der Waals surface area (Å²) in [6, 6.07) is 7.84. The van der Waals surface area contributed by atoms with Crippen LogP contribution in [0.4, 0.5) is 8.78 Å². The third kappa shape index (κ3) is 2.19. The molecule has 0 bridgehead atoms. The van der Waals surface area contributed by atoms with Gasteiger partial charge in [-0.3, -0.25) is 0 Å². The van der Waals surface area contributed by atoms with Crippen molar-refractivity contribution in [1.29, 1.82) is 0 Å². The largest absolute Gasteiger partial charge is 0.478 e. The summed E-state index contributed by atoms with van der Waals surface area (Å²) >= 11 is 5.88. The number of carboxylic acids is 1. The molecule has 1 N–H and O–H groups in total. The fourth-order valence-corrected chi connectivity index (χ4v) is 1.83. The molecule has 0 fully saturated rings. The van der Waals surface area contributed by atoms with Crippen LogP contribution in [0.3, 0.4) is 0 Å². The SMILES string of the molecule is O=C(O)c1cc(F)c(-c2ccccc2Cl)cc1F. The number of halogens is 3. The maximum Gasteiger partial charge on any atom is 0.338 e. The number of benzene rings is 2. The van der Waals surface area contributed by atoms with Gasteiger partial charge in [0.25, 0.3) is 0 Å². The molecule has 2 nitrogen and oxygen atoms in total. The summed E-state index contributed by atoms with van der Waals surface area (Å²) in [7, 11) is 0. The van der Waals surface area contributed by atoms with Crippen molar-refractivity contribution in [2.45, 2.75) is 0 Å². The van der Waals surface area contributed by atoms with Gasteiger partial charge in [-0.1, -0.05) is 29.8 Å². The van der Waals surface area contributed by atoms with Gasteiger partial charge in [-0.05, 0) is 18.2 Å². The third-order valence-corrected chi connectivity index (χ3v) is 2.78. The second kappa shape index (κ2) is 4.74. The quantitative estimate of drug-likeness (QED) is 0.894. The Morgan fingerprint density at radius 1 is 1.06 bits per heavy atom. The Hall–Kier alpha value is -1.94. The molecule has 0 spiro atoms. The molecule has 0 aliphatic heterocycles. The van der Waals surface area contributed by atoms with Gasteiger partial charge in [-0.2, -0.15) is 0 Å². The Balaban J connectivity index is 2.64. The van der Waals surface area contributed by atoms with Crippen LogP contribution in [-0.2, 0) is 0 Å². The minimum absolute atomic E-state index is 0.0666. The smallest absolute Gasteiger partial charge is 0.338 e. The Kier molecular flexibility index (Phi) is 3.30. The molecule has 0 aliphatic rings. The van der Waals surface area contributed by atoms with Crippen molar-refractivity contribution in [3.63, 3.8) is 0 Å². The van der Waals surface area contributed by atoms with Crippen LogP contribution < -0.4 is 0 Å². The molecule has 5 heteroatoms. The molecule has 0 amide bonds. The van der Waals surface area contributed by atoms with Crippen molar-refractivity contribution in [1.82, 2.24) is 0 Å². The first-order valence-electron chi connectivity index (χ1n) is 4.98. The maximum atomic E-state index is 13.8. The Labute approximate surface area is 106 Å². The third-order valence-electron chi connectivity index (χ3n) is 2.45. The van der Waals surface area contributed by atoms with Gasteiger partial charge in [0, 0.05) is 16.1 Å². The normalized spacial score (nSPS) is 10.4. The highest BCUT2D eigenvalue weighted by Crippen LogP contribution is 2.31. The van der Waals surface area contributed by atoms with Crippen LogP contribution in [0.25, 0.3) is 11.1 Å². The Bertz CT molecular complexity index is 626. The van der Waals surface area contributed by atoms with Crippen molar-refractivity contribution in [2.24, 2.45) is 0 Å². The second-order valence-corrected chi connectivity index (χ2v) is 4.00. The van der Waals surface area contributed by atoms with Crippen LogP contribution in [0.2, 0.25) is 5.02 Å². The molecule has 2 rings (SSSR count). The van der Waals surface area contributed by atoms with Crippen molar-refractivity contribution in [3.8, 4) is 11.1 Å². The van der Waals surface area contributed by atoms with Crippen molar-refractivity contribution in [3.05, 3.63) is 58.6 Å². The van der Waals surface area contributed by atoms with E-state index in [0.717, 1.165) is 6.07 Å². The zero-order chi connectivity index (χ0) is 13.3. The summed E-state index contributed by atoms with van der Waals surface area (Å²) in [4.78, 5) is 10.7. The van der Waals surface area contributed by atoms with Crippen LogP contribution in [0.1, 0.15) is 10.4 Å². The van der Waals surface area contributed by atoms with Gasteiger partial charge < -0.3 is 5.11 Å². The first-order chi connectivity index (χ1) is 8.50. The summed E-state index contributed by atoms with van der Waals surface area (Å²) in [6.07, 6.45) is 0. The fraction of sp³-hybridized carbons (Fsp3) is 0. The molecule has 0 heterocycles. The van der Waals surface area contributed by atoms with Gasteiger partial charge in [-0.25, -0.2) is 13.6 Å². The zero-order valence-electron chi connectivity index (χ0n) is 8.95. The molecular weight excluding hydrogens is 262 g/mol. The first kappa shape index (κ1) is 12.5. The molecule has 0 aromatic heterocycles. The lowest BCUT2D eigenvalue weighted by molar-refractivity contribution is 0.0691. The van der Waals surface area contributed by atoms with Crippen LogP contribution >= 0.6 is 11.6 Å². The van der Waals surface area contributed by atoms with E-state index in [1.165, 1.54) is 6.07 Å². The number of hydrogen-bond acceptors (Lipinski definition) is 1. The van der Waals surface area contributed by atoms with Gasteiger partial charge in [0.1, 0.15) is 11.6 Å². The lowest BCUT2D eigenvalue weighted by atomic mass is 10.0. The van der Waals surface area contributed by atoms with E-state index in [1.807, 2.05) is 0 Å². The molecule has 2 aromatic rings. The summed E-state index contributed by atoms with van der Waals surface area (Å²) in [5.41, 5.74) is -0.459. The van der Waals surface area contributed by atoms with E-state index in [-0.39, 0.29) is 10.6 Å². The molecule has 2 aromatic carbocycles. The van der Waals surface area contributed by atoms with Crippen LogP contribution in [0.15, 0.2) is 36.4 Å². The van der Waals surface area contributed by atoms with Gasteiger partial charge in [0.05, 0.1) is 5.56 Å². The molecule has 0 aliphatic carbocycles. The highest BCUT2D eigenvalue weighted by Gasteiger charge is 2.17. The number of carboxylic acid groups (broad SMARTS) is 1. The van der Waals surface area contributed by atoms with Crippen LogP contribution in [0.5, 0.6) is 0 Å². The summed E-state index contributed by atoms with van der Waals surface area (Å²) < 4.78 is 27.3. The summed E-state index contributed by atoms with van der Waals surface area (Å²) in [5.74, 6) is -3.35. The minimum atomic E-state index is -1.52. The van der Waals surface area contributed by atoms with Gasteiger partial charge >= 0.3 is 5.97 Å². The molecule has 0 saturated heterocycles. The molecule has 92 valence electrons. The topological polar surface area (TPSA) is 37.3 Å². The lowest BCUT2D eigenvalue weighted by Gasteiger charge is -2.07. The van der Waals surface area contributed by atoms with Gasteiger partial charge in [0.2, 0.25) is 0 Å². The number of rotatable bonds is 2. The Morgan fingerprint density at radius 2 is 1.72 bits per heavy atom. The summed E-state index contributed by atoms with van der Waals surface area (Å²) in [6.45, 7) is 0. The second-order valence-electron chi connectivity index (χ2n) is 3.60. The molecule has 0 atom stereocenters. The van der Waals surface area contributed by atoms with Crippen LogP contribution in [0, 0.1) is 11.6 Å². The number of carbonyl (C=O) groups is 1. The predicted octanol–water partition coefficient (Wildman–Crippen LogP) is 3.98. The monoisotopic (exact) mass is 268 g/mol. The molecular formula is C13H7ClF2O2. The van der Waals surface area contributed by atoms with Gasteiger partial charge in [-0.15, -0.1) is 0 Å². The number of aromatic carboxylic acids is 1. The van der Waals surface area contributed by atoms with Crippen LogP contribution in [-0.4, -0.2) is 11.1 Å². The average Bonchev–Trinajstić information content (AvgIpc) is 2.32. The van der Waals surface area contributed by atoms with E-state index in [0.29, 0.717) is 11.6 Å². The van der Waals surface area contributed by atoms with E-state index in [1.54, 1.807) is 18.2 Å². The molecule has 0 saturated carbocycles. The highest BCUT2D eigenvalue weighted by atomic mass is 35.5. The zero-order valence-corrected chi connectivity index (χ0v) is 9.71. The summed E-state index contributed by atoms with van der Waals surface area (Å²) in [5, 5.41) is 8.94. The molecule has 0 radical (unpaired) electrons. The highest BCUT2D eigenvalue weighted by molar-refractivity contribution is 6.33. The predicted molar refractivity (Wildman–Crippen MR) is 63.8 cm³/mol. The minimum Gasteiger partial charge on any atom is -0.478 e. The van der Waals surface area contributed by atoms with E-state index in [9.17, 15) is 13.6 Å². The van der Waals surface area contributed by atoms with Crippen molar-refractivity contribution < 1.29 is 18.7 Å². The molecule has 0 unspecified atom stereocenters.